The molecule has 0 bridgehead atoms. The SMILES string of the molecule is COc1cc(OC)cc(C(=O)c2sc(Nc3ccc(N4CCN(C(C)C)CC4)cc3)nc2N)c1. The van der Waals surface area contributed by atoms with E-state index in [1.54, 1.807) is 32.4 Å². The van der Waals surface area contributed by atoms with Crippen LogP contribution in [0.2, 0.25) is 0 Å². The van der Waals surface area contributed by atoms with Gasteiger partial charge in [-0.25, -0.2) is 4.98 Å². The van der Waals surface area contributed by atoms with Gasteiger partial charge in [0.2, 0.25) is 5.78 Å². The molecule has 1 aliphatic rings. The van der Waals surface area contributed by atoms with Crippen LogP contribution < -0.4 is 25.4 Å². The van der Waals surface area contributed by atoms with Crippen LogP contribution in [0.4, 0.5) is 22.3 Å². The third kappa shape index (κ3) is 5.26. The van der Waals surface area contributed by atoms with Crippen LogP contribution in [-0.4, -0.2) is 62.1 Å². The zero-order valence-corrected chi connectivity index (χ0v) is 20.8. The molecule has 1 aliphatic heterocycles. The molecule has 1 aromatic heterocycles. The Kier molecular flexibility index (Phi) is 7.23. The van der Waals surface area contributed by atoms with Gasteiger partial charge in [-0.3, -0.25) is 9.69 Å². The minimum atomic E-state index is -0.226. The van der Waals surface area contributed by atoms with Crippen molar-refractivity contribution in [2.75, 3.05) is 56.3 Å². The number of anilines is 4. The summed E-state index contributed by atoms with van der Waals surface area (Å²) in [6, 6.07) is 13.9. The highest BCUT2D eigenvalue weighted by Crippen LogP contribution is 2.32. The van der Waals surface area contributed by atoms with Crippen LogP contribution in [0.15, 0.2) is 42.5 Å². The van der Waals surface area contributed by atoms with Gasteiger partial charge in [-0.2, -0.15) is 0 Å². The highest BCUT2D eigenvalue weighted by atomic mass is 32.1. The van der Waals surface area contributed by atoms with Crippen LogP contribution in [0.1, 0.15) is 29.1 Å². The zero-order valence-electron chi connectivity index (χ0n) is 20.0. The molecule has 0 radical (unpaired) electrons. The molecule has 0 amide bonds. The van der Waals surface area contributed by atoms with E-state index in [2.05, 4.69) is 46.1 Å². The van der Waals surface area contributed by atoms with Gasteiger partial charge in [0.05, 0.1) is 14.2 Å². The number of methoxy groups -OCH3 is 2. The van der Waals surface area contributed by atoms with Crippen molar-refractivity contribution in [1.29, 1.82) is 0 Å². The van der Waals surface area contributed by atoms with E-state index in [0.29, 0.717) is 33.1 Å². The van der Waals surface area contributed by atoms with E-state index in [0.717, 1.165) is 31.9 Å². The highest BCUT2D eigenvalue weighted by molar-refractivity contribution is 7.18. The van der Waals surface area contributed by atoms with Gasteiger partial charge in [-0.05, 0) is 50.2 Å². The number of hydrogen-bond donors (Lipinski definition) is 2. The first-order valence-electron chi connectivity index (χ1n) is 11.3. The third-order valence-corrected chi connectivity index (χ3v) is 6.99. The molecule has 3 N–H and O–H groups in total. The number of carbonyl (C=O) groups excluding carboxylic acids is 1. The molecule has 0 saturated carbocycles. The molecule has 34 heavy (non-hydrogen) atoms. The van der Waals surface area contributed by atoms with Gasteiger partial charge in [0.15, 0.2) is 5.13 Å². The number of carbonyl (C=O) groups is 1. The van der Waals surface area contributed by atoms with E-state index in [4.69, 9.17) is 15.2 Å². The summed E-state index contributed by atoms with van der Waals surface area (Å²) >= 11 is 1.23. The molecule has 9 heteroatoms. The molecular weight excluding hydrogens is 450 g/mol. The first kappa shape index (κ1) is 23.8. The summed E-state index contributed by atoms with van der Waals surface area (Å²) < 4.78 is 10.5. The maximum atomic E-state index is 13.1. The first-order chi connectivity index (χ1) is 16.4. The maximum Gasteiger partial charge on any atom is 0.207 e. The lowest BCUT2D eigenvalue weighted by Crippen LogP contribution is -2.48. The molecule has 1 saturated heterocycles. The number of nitrogens with one attached hydrogen (secondary N) is 1. The van der Waals surface area contributed by atoms with E-state index in [-0.39, 0.29) is 11.6 Å². The quantitative estimate of drug-likeness (QED) is 0.462. The number of nitrogen functional groups attached to an aromatic ring is 1. The van der Waals surface area contributed by atoms with Crippen molar-refractivity contribution in [3.05, 3.63) is 52.9 Å². The number of aromatic nitrogens is 1. The minimum Gasteiger partial charge on any atom is -0.497 e. The van der Waals surface area contributed by atoms with Gasteiger partial charge >= 0.3 is 0 Å². The smallest absolute Gasteiger partial charge is 0.207 e. The van der Waals surface area contributed by atoms with Crippen LogP contribution in [-0.2, 0) is 0 Å². The maximum absolute atomic E-state index is 13.1. The number of nitrogens with zero attached hydrogens (tertiary/aromatic N) is 3. The average molecular weight is 482 g/mol. The zero-order chi connectivity index (χ0) is 24.2. The molecule has 1 fully saturated rings. The summed E-state index contributed by atoms with van der Waals surface area (Å²) in [5.74, 6) is 1.04. The largest absolute Gasteiger partial charge is 0.497 e. The Labute approximate surface area is 204 Å². The van der Waals surface area contributed by atoms with Crippen molar-refractivity contribution < 1.29 is 14.3 Å². The highest BCUT2D eigenvalue weighted by Gasteiger charge is 2.21. The second-order valence-corrected chi connectivity index (χ2v) is 9.45. The second kappa shape index (κ2) is 10.3. The van der Waals surface area contributed by atoms with E-state index >= 15 is 0 Å². The molecule has 4 rings (SSSR count). The third-order valence-electron chi connectivity index (χ3n) is 6.00. The number of hydrogen-bond acceptors (Lipinski definition) is 9. The fraction of sp³-hybridized carbons (Fsp3) is 0.360. The molecule has 0 unspecified atom stereocenters. The van der Waals surface area contributed by atoms with Crippen molar-refractivity contribution in [1.82, 2.24) is 9.88 Å². The Bertz CT molecular complexity index is 1120. The van der Waals surface area contributed by atoms with Crippen LogP contribution in [0.3, 0.4) is 0 Å². The summed E-state index contributed by atoms with van der Waals surface area (Å²) in [4.78, 5) is 22.7. The Balaban J connectivity index is 1.44. The fourth-order valence-electron chi connectivity index (χ4n) is 3.99. The summed E-state index contributed by atoms with van der Waals surface area (Å²) in [6.07, 6.45) is 0. The monoisotopic (exact) mass is 481 g/mol. The van der Waals surface area contributed by atoms with Gasteiger partial charge in [0.1, 0.15) is 22.2 Å². The van der Waals surface area contributed by atoms with E-state index < -0.39 is 0 Å². The van der Waals surface area contributed by atoms with Gasteiger partial charge in [0, 0.05) is 55.2 Å². The Morgan fingerprint density at radius 3 is 2.21 bits per heavy atom. The molecule has 3 aromatic rings. The number of piperazine rings is 1. The lowest BCUT2D eigenvalue weighted by molar-refractivity contribution is 0.104. The molecule has 2 aromatic carbocycles. The van der Waals surface area contributed by atoms with Crippen molar-refractivity contribution in [3.8, 4) is 11.5 Å². The Morgan fingerprint density at radius 1 is 1.03 bits per heavy atom. The number of benzene rings is 2. The van der Waals surface area contributed by atoms with E-state index in [9.17, 15) is 4.79 Å². The van der Waals surface area contributed by atoms with Gasteiger partial charge in [0.25, 0.3) is 0 Å². The molecule has 180 valence electrons. The predicted octanol–water partition coefficient (Wildman–Crippen LogP) is 4.25. The number of ketones is 1. The van der Waals surface area contributed by atoms with Crippen molar-refractivity contribution in [3.63, 3.8) is 0 Å². The topological polar surface area (TPSA) is 93.0 Å². The lowest BCUT2D eigenvalue weighted by Gasteiger charge is -2.38. The second-order valence-electron chi connectivity index (χ2n) is 8.45. The van der Waals surface area contributed by atoms with Crippen molar-refractivity contribution in [2.45, 2.75) is 19.9 Å². The molecule has 0 aliphatic carbocycles. The number of ether oxygens (including phenoxy) is 2. The minimum absolute atomic E-state index is 0.193. The lowest BCUT2D eigenvalue weighted by atomic mass is 10.1. The van der Waals surface area contributed by atoms with Crippen molar-refractivity contribution in [2.24, 2.45) is 0 Å². The van der Waals surface area contributed by atoms with Crippen LogP contribution in [0, 0.1) is 0 Å². The molecule has 0 spiro atoms. The van der Waals surface area contributed by atoms with Gasteiger partial charge < -0.3 is 25.4 Å². The van der Waals surface area contributed by atoms with E-state index in [1.165, 1.54) is 17.0 Å². The summed E-state index contributed by atoms with van der Waals surface area (Å²) in [6.45, 7) is 8.68. The molecule has 8 nitrogen and oxygen atoms in total. The van der Waals surface area contributed by atoms with Gasteiger partial charge in [-0.1, -0.05) is 11.3 Å². The summed E-state index contributed by atoms with van der Waals surface area (Å²) in [5, 5.41) is 3.83. The Morgan fingerprint density at radius 2 is 1.65 bits per heavy atom. The Hall–Kier alpha value is -3.30. The summed E-state index contributed by atoms with van der Waals surface area (Å²) in [5.41, 5.74) is 8.62. The van der Waals surface area contributed by atoms with E-state index in [1.807, 2.05) is 12.1 Å². The van der Waals surface area contributed by atoms with Gasteiger partial charge in [-0.15, -0.1) is 0 Å². The van der Waals surface area contributed by atoms with Crippen molar-refractivity contribution >= 4 is 39.4 Å². The molecule has 0 atom stereocenters. The molecule has 2 heterocycles. The van der Waals surface area contributed by atoms with Crippen LogP contribution >= 0.6 is 11.3 Å². The first-order valence-corrected chi connectivity index (χ1v) is 12.1. The number of rotatable bonds is 8. The predicted molar refractivity (Wildman–Crippen MR) is 138 cm³/mol. The average Bonchev–Trinajstić information content (AvgIpc) is 3.23. The number of nitrogens with two attached hydrogens (primary N) is 1. The van der Waals surface area contributed by atoms with Crippen LogP contribution in [0.25, 0.3) is 0 Å². The molecular formula is C25H31N5O3S. The normalized spacial score (nSPS) is 14.3. The summed E-state index contributed by atoms with van der Waals surface area (Å²) in [7, 11) is 3.09. The fourth-order valence-corrected chi connectivity index (χ4v) is 4.86. The standard InChI is InChI=1S/C25H31N5O3S/c1-16(2)29-9-11-30(12-10-29)19-7-5-18(6-8-19)27-25-28-24(26)23(34-25)22(31)17-13-20(32-3)15-21(14-17)33-4/h5-8,13-16H,9-12,26H2,1-4H3,(H,27,28). The van der Waals surface area contributed by atoms with Crippen LogP contribution in [0.5, 0.6) is 11.5 Å². The number of thiazole rings is 1.